The van der Waals surface area contributed by atoms with Gasteiger partial charge in [-0.1, -0.05) is 45.0 Å². The van der Waals surface area contributed by atoms with Gasteiger partial charge >= 0.3 is 0 Å². The molecule has 2 rings (SSSR count). The van der Waals surface area contributed by atoms with Gasteiger partial charge in [-0.2, -0.15) is 0 Å². The van der Waals surface area contributed by atoms with E-state index in [0.717, 1.165) is 19.4 Å². The van der Waals surface area contributed by atoms with Gasteiger partial charge in [0.05, 0.1) is 0 Å². The van der Waals surface area contributed by atoms with Crippen LogP contribution in [0.15, 0.2) is 24.3 Å². The third-order valence-corrected chi connectivity index (χ3v) is 4.18. The van der Waals surface area contributed by atoms with Gasteiger partial charge in [0, 0.05) is 18.0 Å². The van der Waals surface area contributed by atoms with Crippen LogP contribution in [0.4, 0.5) is 0 Å². The summed E-state index contributed by atoms with van der Waals surface area (Å²) in [5, 5.41) is 6.57. The first-order valence-corrected chi connectivity index (χ1v) is 7.14. The van der Waals surface area contributed by atoms with Gasteiger partial charge in [0.25, 0.3) is 0 Å². The highest BCUT2D eigenvalue weighted by atomic mass is 35.5. The van der Waals surface area contributed by atoms with Crippen LogP contribution >= 0.6 is 12.4 Å². The van der Waals surface area contributed by atoms with Crippen LogP contribution < -0.4 is 10.6 Å². The molecule has 20 heavy (non-hydrogen) atoms. The molecular formula is C16H25ClN2O. The van der Waals surface area contributed by atoms with E-state index in [0.29, 0.717) is 6.54 Å². The van der Waals surface area contributed by atoms with Crippen LogP contribution in [0.1, 0.15) is 44.4 Å². The third-order valence-electron chi connectivity index (χ3n) is 4.18. The molecule has 2 N–H and O–H groups in total. The number of nitrogens with one attached hydrogen (secondary N) is 2. The summed E-state index contributed by atoms with van der Waals surface area (Å²) in [5.41, 5.74) is 2.44. The molecule has 0 aromatic heterocycles. The second-order valence-corrected chi connectivity index (χ2v) is 5.90. The lowest BCUT2D eigenvalue weighted by molar-refractivity contribution is -0.129. The van der Waals surface area contributed by atoms with E-state index in [4.69, 9.17) is 0 Å². The fraction of sp³-hybridized carbons (Fsp3) is 0.562. The number of carbonyl (C=O) groups excluding carboxylic acids is 1. The van der Waals surface area contributed by atoms with E-state index in [1.165, 1.54) is 11.1 Å². The maximum atomic E-state index is 12.1. The second-order valence-electron chi connectivity index (χ2n) is 5.90. The Labute approximate surface area is 127 Å². The van der Waals surface area contributed by atoms with Crippen molar-refractivity contribution in [2.45, 2.75) is 39.7 Å². The van der Waals surface area contributed by atoms with Crippen molar-refractivity contribution in [2.24, 2.45) is 5.41 Å². The molecule has 1 heterocycles. The Balaban J connectivity index is 0.00000200. The molecule has 0 aliphatic carbocycles. The minimum absolute atomic E-state index is 0. The standard InChI is InChI=1S/C16H24N2O.ClH/c1-4-16(2,3)15(19)18-11-14-13-8-6-5-7-12(13)9-10-17-14;/h5-8,14,17H,4,9-11H2,1-3H3,(H,18,19);1H. The zero-order valence-corrected chi connectivity index (χ0v) is 13.3. The fourth-order valence-corrected chi connectivity index (χ4v) is 2.37. The van der Waals surface area contributed by atoms with E-state index in [2.05, 4.69) is 34.9 Å². The van der Waals surface area contributed by atoms with Crippen molar-refractivity contribution in [2.75, 3.05) is 13.1 Å². The van der Waals surface area contributed by atoms with Gasteiger partial charge in [-0.05, 0) is 30.5 Å². The van der Waals surface area contributed by atoms with E-state index in [1.54, 1.807) is 0 Å². The molecule has 0 fully saturated rings. The van der Waals surface area contributed by atoms with Crippen LogP contribution in [-0.2, 0) is 11.2 Å². The Morgan fingerprint density at radius 1 is 1.40 bits per heavy atom. The van der Waals surface area contributed by atoms with Crippen LogP contribution in [0.25, 0.3) is 0 Å². The SMILES string of the molecule is CCC(C)(C)C(=O)NCC1NCCc2ccccc21.Cl. The lowest BCUT2D eigenvalue weighted by Crippen LogP contribution is -2.43. The average molecular weight is 297 g/mol. The molecule has 0 radical (unpaired) electrons. The molecule has 0 bridgehead atoms. The van der Waals surface area contributed by atoms with E-state index in [9.17, 15) is 4.79 Å². The van der Waals surface area contributed by atoms with Crippen molar-refractivity contribution in [3.05, 3.63) is 35.4 Å². The fourth-order valence-electron chi connectivity index (χ4n) is 2.37. The van der Waals surface area contributed by atoms with Crippen LogP contribution in [0.5, 0.6) is 0 Å². The number of hydrogen-bond acceptors (Lipinski definition) is 2. The van der Waals surface area contributed by atoms with Crippen molar-refractivity contribution in [3.8, 4) is 0 Å². The first-order chi connectivity index (χ1) is 9.04. The summed E-state index contributed by atoms with van der Waals surface area (Å²) in [5.74, 6) is 0.139. The number of benzene rings is 1. The Kier molecular flexibility index (Phi) is 6.03. The molecule has 1 amide bonds. The zero-order valence-electron chi connectivity index (χ0n) is 12.5. The van der Waals surface area contributed by atoms with Crippen molar-refractivity contribution in [1.29, 1.82) is 0 Å². The van der Waals surface area contributed by atoms with Gasteiger partial charge in [-0.15, -0.1) is 12.4 Å². The summed E-state index contributed by atoms with van der Waals surface area (Å²) >= 11 is 0. The Bertz CT molecular complexity index is 460. The number of amides is 1. The topological polar surface area (TPSA) is 41.1 Å². The average Bonchev–Trinajstić information content (AvgIpc) is 2.44. The molecule has 0 saturated heterocycles. The predicted molar refractivity (Wildman–Crippen MR) is 85.2 cm³/mol. The molecule has 0 spiro atoms. The molecule has 3 nitrogen and oxygen atoms in total. The molecule has 1 atom stereocenters. The summed E-state index contributed by atoms with van der Waals surface area (Å²) in [6.45, 7) is 7.68. The van der Waals surface area contributed by atoms with Crippen molar-refractivity contribution in [3.63, 3.8) is 0 Å². The van der Waals surface area contributed by atoms with E-state index >= 15 is 0 Å². The minimum Gasteiger partial charge on any atom is -0.354 e. The van der Waals surface area contributed by atoms with Crippen molar-refractivity contribution in [1.82, 2.24) is 10.6 Å². The molecular weight excluding hydrogens is 272 g/mol. The molecule has 1 aromatic rings. The number of halogens is 1. The number of hydrogen-bond donors (Lipinski definition) is 2. The lowest BCUT2D eigenvalue weighted by atomic mass is 9.89. The number of carbonyl (C=O) groups is 1. The lowest BCUT2D eigenvalue weighted by Gasteiger charge is -2.29. The summed E-state index contributed by atoms with van der Waals surface area (Å²) in [6, 6.07) is 8.72. The van der Waals surface area contributed by atoms with Crippen LogP contribution in [0, 0.1) is 5.41 Å². The minimum atomic E-state index is -0.284. The first-order valence-electron chi connectivity index (χ1n) is 7.14. The smallest absolute Gasteiger partial charge is 0.225 e. The van der Waals surface area contributed by atoms with Gasteiger partial charge in [-0.25, -0.2) is 0 Å². The molecule has 1 aliphatic rings. The maximum absolute atomic E-state index is 12.1. The van der Waals surface area contributed by atoms with Gasteiger partial charge < -0.3 is 10.6 Å². The predicted octanol–water partition coefficient (Wildman–Crippen LogP) is 2.85. The highest BCUT2D eigenvalue weighted by Crippen LogP contribution is 2.23. The molecule has 1 aliphatic heterocycles. The molecule has 112 valence electrons. The number of rotatable bonds is 4. The normalized spacial score (nSPS) is 17.9. The molecule has 4 heteroatoms. The van der Waals surface area contributed by atoms with Crippen LogP contribution in [0.2, 0.25) is 0 Å². The second kappa shape index (κ2) is 7.09. The Hall–Kier alpha value is -1.06. The quantitative estimate of drug-likeness (QED) is 0.897. The number of fused-ring (bicyclic) bond motifs is 1. The molecule has 1 unspecified atom stereocenters. The van der Waals surface area contributed by atoms with E-state index in [-0.39, 0.29) is 29.8 Å². The zero-order chi connectivity index (χ0) is 13.9. The van der Waals surface area contributed by atoms with Crippen molar-refractivity contribution < 1.29 is 4.79 Å². The highest BCUT2D eigenvalue weighted by Gasteiger charge is 2.26. The highest BCUT2D eigenvalue weighted by molar-refractivity contribution is 5.85. The summed E-state index contributed by atoms with van der Waals surface area (Å²) < 4.78 is 0. The van der Waals surface area contributed by atoms with Crippen LogP contribution in [0.3, 0.4) is 0 Å². The summed E-state index contributed by atoms with van der Waals surface area (Å²) in [4.78, 5) is 12.1. The van der Waals surface area contributed by atoms with Gasteiger partial charge in [0.15, 0.2) is 0 Å². The van der Waals surface area contributed by atoms with Gasteiger partial charge in [-0.3, -0.25) is 4.79 Å². The monoisotopic (exact) mass is 296 g/mol. The van der Waals surface area contributed by atoms with Crippen molar-refractivity contribution >= 4 is 18.3 Å². The van der Waals surface area contributed by atoms with E-state index in [1.807, 2.05) is 20.8 Å². The summed E-state index contributed by atoms with van der Waals surface area (Å²) in [7, 11) is 0. The maximum Gasteiger partial charge on any atom is 0.225 e. The first kappa shape index (κ1) is 17.0. The van der Waals surface area contributed by atoms with Crippen LogP contribution in [-0.4, -0.2) is 19.0 Å². The van der Waals surface area contributed by atoms with Gasteiger partial charge in [0.1, 0.15) is 0 Å². The third kappa shape index (κ3) is 3.74. The molecule has 1 aromatic carbocycles. The van der Waals surface area contributed by atoms with Gasteiger partial charge in [0.2, 0.25) is 5.91 Å². The van der Waals surface area contributed by atoms with E-state index < -0.39 is 0 Å². The largest absolute Gasteiger partial charge is 0.354 e. The summed E-state index contributed by atoms with van der Waals surface area (Å²) in [6.07, 6.45) is 1.93. The Morgan fingerprint density at radius 2 is 2.10 bits per heavy atom. The molecule has 0 saturated carbocycles. The Morgan fingerprint density at radius 3 is 2.80 bits per heavy atom.